The summed E-state index contributed by atoms with van der Waals surface area (Å²) in [5, 5.41) is 0. The van der Waals surface area contributed by atoms with E-state index in [1.165, 1.54) is 6.20 Å². The molecule has 0 atom stereocenters. The average molecular weight is 185 g/mol. The molecule has 1 aromatic heterocycles. The zero-order valence-corrected chi connectivity index (χ0v) is 9.01. The lowest BCUT2D eigenvalue weighted by molar-refractivity contribution is 1.06. The summed E-state index contributed by atoms with van der Waals surface area (Å²) in [7, 11) is 0. The quantitative estimate of drug-likeness (QED) is 0.646. The van der Waals surface area contributed by atoms with E-state index >= 15 is 0 Å². The van der Waals surface area contributed by atoms with Gasteiger partial charge < -0.3 is 5.73 Å². The molecular weight excluding hydrogens is 166 g/mol. The van der Waals surface area contributed by atoms with Crippen LogP contribution in [0, 0.1) is 6.92 Å². The number of hydrogen-bond donors (Lipinski definition) is 2. The Bertz CT molecular complexity index is 268. The lowest BCUT2D eigenvalue weighted by Crippen LogP contribution is -2.12. The number of aromatic amines is 1. The molecule has 4 nitrogen and oxygen atoms in total. The van der Waals surface area contributed by atoms with Gasteiger partial charge in [-0.3, -0.25) is 4.98 Å². The van der Waals surface area contributed by atoms with Crippen LogP contribution in [-0.2, 0) is 0 Å². The monoisotopic (exact) mass is 185 g/mol. The Labute approximate surface area is 79.2 Å². The van der Waals surface area contributed by atoms with E-state index in [-0.39, 0.29) is 0 Å². The molecule has 0 unspecified atom stereocenters. The van der Waals surface area contributed by atoms with Gasteiger partial charge in [0.05, 0.1) is 0 Å². The first kappa shape index (κ1) is 14.2. The molecule has 1 aromatic rings. The van der Waals surface area contributed by atoms with Gasteiger partial charge in [0.15, 0.2) is 0 Å². The number of aromatic nitrogens is 2. The molecule has 0 fully saturated rings. The predicted molar refractivity (Wildman–Crippen MR) is 56.7 cm³/mol. The summed E-state index contributed by atoms with van der Waals surface area (Å²) in [5.74, 6) is 0.384. The highest BCUT2D eigenvalue weighted by atomic mass is 16.1. The molecule has 0 amide bonds. The number of nitrogens with two attached hydrogens (primary N) is 1. The molecule has 0 saturated heterocycles. The van der Waals surface area contributed by atoms with Crippen molar-refractivity contribution in [2.75, 3.05) is 5.73 Å². The highest BCUT2D eigenvalue weighted by Crippen LogP contribution is 1.97. The Kier molecular flexibility index (Phi) is 9.60. The lowest BCUT2D eigenvalue weighted by Gasteiger charge is -1.93. The maximum absolute atomic E-state index is 10.4. The zero-order chi connectivity index (χ0) is 10.9. The van der Waals surface area contributed by atoms with E-state index in [0.717, 1.165) is 5.56 Å². The third-order valence-corrected chi connectivity index (χ3v) is 1.04. The Morgan fingerprint density at radius 1 is 1.31 bits per heavy atom. The standard InChI is InChI=1S/C5H7N3O.2C2H6/c1-3-2-7-5(9)8-4(3)6;2*1-2/h2H,1H3,(H3,6,7,8,9);2*1-2H3. The van der Waals surface area contributed by atoms with Crippen molar-refractivity contribution in [3.63, 3.8) is 0 Å². The third kappa shape index (κ3) is 5.90. The largest absolute Gasteiger partial charge is 0.385 e. The van der Waals surface area contributed by atoms with Crippen LogP contribution >= 0.6 is 0 Å². The van der Waals surface area contributed by atoms with Gasteiger partial charge in [0.25, 0.3) is 0 Å². The van der Waals surface area contributed by atoms with Crippen LogP contribution in [0.3, 0.4) is 0 Å². The molecule has 0 aromatic carbocycles. The van der Waals surface area contributed by atoms with Gasteiger partial charge in [-0.25, -0.2) is 9.78 Å². The summed E-state index contributed by atoms with van der Waals surface area (Å²) in [5.41, 5.74) is 5.71. The van der Waals surface area contributed by atoms with Crippen molar-refractivity contribution in [3.05, 3.63) is 22.2 Å². The van der Waals surface area contributed by atoms with Crippen LogP contribution in [0.2, 0.25) is 0 Å². The van der Waals surface area contributed by atoms with Crippen molar-refractivity contribution in [2.45, 2.75) is 34.6 Å². The number of rotatable bonds is 0. The number of aryl methyl sites for hydroxylation is 1. The number of nitrogens with zero attached hydrogens (tertiary/aromatic N) is 1. The van der Waals surface area contributed by atoms with Crippen LogP contribution in [0.5, 0.6) is 0 Å². The molecule has 0 aliphatic carbocycles. The number of anilines is 1. The Hall–Kier alpha value is -1.32. The summed E-state index contributed by atoms with van der Waals surface area (Å²) in [6.07, 6.45) is 1.44. The molecule has 0 saturated carbocycles. The van der Waals surface area contributed by atoms with Crippen LogP contribution in [0.15, 0.2) is 11.0 Å². The second-order valence-corrected chi connectivity index (χ2v) is 1.79. The highest BCUT2D eigenvalue weighted by Gasteiger charge is 1.90. The molecule has 1 rings (SSSR count). The maximum Gasteiger partial charge on any atom is 0.346 e. The van der Waals surface area contributed by atoms with Gasteiger partial charge in [-0.1, -0.05) is 27.7 Å². The van der Waals surface area contributed by atoms with Crippen molar-refractivity contribution < 1.29 is 0 Å². The van der Waals surface area contributed by atoms with Gasteiger partial charge in [-0.05, 0) is 6.92 Å². The van der Waals surface area contributed by atoms with Crippen LogP contribution < -0.4 is 11.4 Å². The van der Waals surface area contributed by atoms with Crippen LogP contribution in [0.1, 0.15) is 33.3 Å². The highest BCUT2D eigenvalue weighted by molar-refractivity contribution is 5.34. The second-order valence-electron chi connectivity index (χ2n) is 1.79. The first-order valence-electron chi connectivity index (χ1n) is 4.51. The van der Waals surface area contributed by atoms with Gasteiger partial charge in [0, 0.05) is 11.8 Å². The topological polar surface area (TPSA) is 71.8 Å². The minimum Gasteiger partial charge on any atom is -0.385 e. The van der Waals surface area contributed by atoms with Gasteiger partial charge >= 0.3 is 5.69 Å². The van der Waals surface area contributed by atoms with Gasteiger partial charge in [-0.2, -0.15) is 0 Å². The van der Waals surface area contributed by atoms with Crippen molar-refractivity contribution in [3.8, 4) is 0 Å². The molecule has 4 heteroatoms. The van der Waals surface area contributed by atoms with E-state index < -0.39 is 5.69 Å². The zero-order valence-electron chi connectivity index (χ0n) is 9.01. The fourth-order valence-electron chi connectivity index (χ4n) is 0.471. The van der Waals surface area contributed by atoms with Crippen molar-refractivity contribution in [2.24, 2.45) is 0 Å². The van der Waals surface area contributed by atoms with E-state index in [0.29, 0.717) is 5.82 Å². The fraction of sp³-hybridized carbons (Fsp3) is 0.556. The van der Waals surface area contributed by atoms with Crippen LogP contribution in [0.25, 0.3) is 0 Å². The molecule has 13 heavy (non-hydrogen) atoms. The number of nitrogens with one attached hydrogen (secondary N) is 1. The minimum absolute atomic E-state index is 0.384. The molecule has 0 spiro atoms. The summed E-state index contributed by atoms with van der Waals surface area (Å²) in [6, 6.07) is 0. The van der Waals surface area contributed by atoms with Crippen LogP contribution in [0.4, 0.5) is 5.82 Å². The SMILES string of the molecule is CC.CC.Cc1cnc(=O)[nH]c1N. The lowest BCUT2D eigenvalue weighted by atomic mass is 10.4. The number of nitrogen functional groups attached to an aromatic ring is 1. The van der Waals surface area contributed by atoms with Crippen molar-refractivity contribution >= 4 is 5.82 Å². The average Bonchev–Trinajstić information content (AvgIpc) is 2.18. The first-order valence-corrected chi connectivity index (χ1v) is 4.51. The molecule has 76 valence electrons. The fourth-order valence-corrected chi connectivity index (χ4v) is 0.471. The van der Waals surface area contributed by atoms with E-state index in [2.05, 4.69) is 9.97 Å². The van der Waals surface area contributed by atoms with Crippen molar-refractivity contribution in [1.82, 2.24) is 9.97 Å². The Morgan fingerprint density at radius 2 is 1.77 bits per heavy atom. The van der Waals surface area contributed by atoms with Gasteiger partial charge in [0.1, 0.15) is 5.82 Å². The smallest absolute Gasteiger partial charge is 0.346 e. The van der Waals surface area contributed by atoms with E-state index in [1.807, 2.05) is 27.7 Å². The van der Waals surface area contributed by atoms with E-state index in [1.54, 1.807) is 6.92 Å². The molecular formula is C9H19N3O. The van der Waals surface area contributed by atoms with E-state index in [4.69, 9.17) is 5.73 Å². The second kappa shape index (κ2) is 8.77. The van der Waals surface area contributed by atoms with Crippen LogP contribution in [-0.4, -0.2) is 9.97 Å². The van der Waals surface area contributed by atoms with E-state index in [9.17, 15) is 4.79 Å². The Balaban J connectivity index is 0. The summed E-state index contributed by atoms with van der Waals surface area (Å²) in [6.45, 7) is 9.78. The molecule has 3 N–H and O–H groups in total. The van der Waals surface area contributed by atoms with Gasteiger partial charge in [0.2, 0.25) is 0 Å². The molecule has 0 bridgehead atoms. The molecule has 1 heterocycles. The predicted octanol–water partition coefficient (Wildman–Crippen LogP) is 1.71. The Morgan fingerprint density at radius 3 is 2.08 bits per heavy atom. The summed E-state index contributed by atoms with van der Waals surface area (Å²) >= 11 is 0. The molecule has 0 aliphatic rings. The molecule has 0 radical (unpaired) electrons. The van der Waals surface area contributed by atoms with Crippen molar-refractivity contribution in [1.29, 1.82) is 0 Å². The maximum atomic E-state index is 10.4. The normalized spacial score (nSPS) is 7.46. The summed E-state index contributed by atoms with van der Waals surface area (Å²) in [4.78, 5) is 16.2. The number of H-pyrrole nitrogens is 1. The summed E-state index contributed by atoms with van der Waals surface area (Å²) < 4.78 is 0. The first-order chi connectivity index (χ1) is 6.20. The molecule has 0 aliphatic heterocycles. The third-order valence-electron chi connectivity index (χ3n) is 1.04. The number of hydrogen-bond acceptors (Lipinski definition) is 3. The minimum atomic E-state index is -0.405. The van der Waals surface area contributed by atoms with Gasteiger partial charge in [-0.15, -0.1) is 0 Å².